The summed E-state index contributed by atoms with van der Waals surface area (Å²) in [5, 5.41) is 4.59. The van der Waals surface area contributed by atoms with Crippen molar-refractivity contribution in [2.75, 3.05) is 18.5 Å². The van der Waals surface area contributed by atoms with E-state index in [-0.39, 0.29) is 0 Å². The van der Waals surface area contributed by atoms with Crippen molar-refractivity contribution in [3.63, 3.8) is 0 Å². The molecule has 1 atom stereocenters. The highest BCUT2D eigenvalue weighted by molar-refractivity contribution is 5.85. The maximum Gasteiger partial charge on any atom is 0.153 e. The molecule has 0 aliphatic carbocycles. The molecule has 0 saturated carbocycles. The molecule has 1 heterocycles. The molecule has 2 rings (SSSR count). The van der Waals surface area contributed by atoms with Crippen molar-refractivity contribution >= 4 is 12.0 Å². The number of hydrogen-bond acceptors (Lipinski definition) is 3. The van der Waals surface area contributed by atoms with Gasteiger partial charge in [-0.25, -0.2) is 0 Å². The van der Waals surface area contributed by atoms with Gasteiger partial charge in [-0.15, -0.1) is 0 Å². The highest BCUT2D eigenvalue weighted by Gasteiger charge is 2.13. The van der Waals surface area contributed by atoms with Gasteiger partial charge < -0.3 is 4.90 Å². The second-order valence-electron chi connectivity index (χ2n) is 5.35. The van der Waals surface area contributed by atoms with Crippen LogP contribution in [0.2, 0.25) is 0 Å². The Balaban J connectivity index is 2.37. The highest BCUT2D eigenvalue weighted by atomic mass is 16.1. The summed E-state index contributed by atoms with van der Waals surface area (Å²) in [7, 11) is 2.06. The van der Waals surface area contributed by atoms with Gasteiger partial charge in [0.05, 0.1) is 5.56 Å². The topological polar surface area (TPSA) is 38.1 Å². The number of aromatic nitrogens is 2. The van der Waals surface area contributed by atoms with Gasteiger partial charge in [-0.3, -0.25) is 9.48 Å². The number of nitrogens with zero attached hydrogens (tertiary/aromatic N) is 3. The molecule has 0 bridgehead atoms. The number of hydrogen-bond donors (Lipinski definition) is 0. The highest BCUT2D eigenvalue weighted by Crippen LogP contribution is 2.25. The molecule has 0 aliphatic rings. The molecular formula is C17H23N3O. The molecule has 4 nitrogen and oxygen atoms in total. The number of rotatable bonds is 6. The molecule has 0 N–H and O–H groups in total. The summed E-state index contributed by atoms with van der Waals surface area (Å²) < 4.78 is 1.88. The van der Waals surface area contributed by atoms with Crippen molar-refractivity contribution in [1.29, 1.82) is 0 Å². The van der Waals surface area contributed by atoms with E-state index in [9.17, 15) is 4.79 Å². The van der Waals surface area contributed by atoms with Crippen LogP contribution in [-0.4, -0.2) is 29.7 Å². The van der Waals surface area contributed by atoms with Crippen LogP contribution >= 0.6 is 0 Å². The molecule has 0 spiro atoms. The van der Waals surface area contributed by atoms with E-state index in [4.69, 9.17) is 0 Å². The minimum Gasteiger partial charge on any atom is -0.375 e. The number of aldehydes is 1. The zero-order valence-corrected chi connectivity index (χ0v) is 13.2. The van der Waals surface area contributed by atoms with Crippen molar-refractivity contribution in [1.82, 2.24) is 9.78 Å². The molecule has 4 heteroatoms. The monoisotopic (exact) mass is 285 g/mol. The van der Waals surface area contributed by atoms with Crippen LogP contribution in [0.15, 0.2) is 30.5 Å². The summed E-state index contributed by atoms with van der Waals surface area (Å²) in [6.45, 7) is 7.29. The third-order valence-electron chi connectivity index (χ3n) is 3.99. The van der Waals surface area contributed by atoms with Crippen molar-refractivity contribution in [2.24, 2.45) is 0 Å². The second kappa shape index (κ2) is 6.57. The molecule has 1 aromatic carbocycles. The lowest BCUT2D eigenvalue weighted by molar-refractivity contribution is 0.112. The van der Waals surface area contributed by atoms with Crippen molar-refractivity contribution in [3.8, 4) is 11.3 Å². The zero-order valence-electron chi connectivity index (χ0n) is 13.2. The minimum atomic E-state index is 0.294. The fourth-order valence-corrected chi connectivity index (χ4v) is 2.19. The molecule has 0 aliphatic heterocycles. The summed E-state index contributed by atoms with van der Waals surface area (Å²) in [6.07, 6.45) is 3.70. The normalized spacial score (nSPS) is 12.2. The standard InChI is InChI=1S/C17H23N3O/c1-5-13(3)20-11-15(12-21)17(18-20)14-7-9-16(10-8-14)19(4)6-2/h7-13H,5-6H2,1-4H3. The molecule has 0 amide bonds. The Labute approximate surface area is 126 Å². The second-order valence-corrected chi connectivity index (χ2v) is 5.35. The number of carbonyl (C=O) groups is 1. The Hall–Kier alpha value is -2.10. The zero-order chi connectivity index (χ0) is 15.4. The molecule has 0 fully saturated rings. The minimum absolute atomic E-state index is 0.294. The van der Waals surface area contributed by atoms with Crippen LogP contribution in [0.4, 0.5) is 5.69 Å². The average Bonchev–Trinajstić information content (AvgIpc) is 2.97. The smallest absolute Gasteiger partial charge is 0.153 e. The largest absolute Gasteiger partial charge is 0.375 e. The van der Waals surface area contributed by atoms with E-state index in [1.807, 2.05) is 23.0 Å². The van der Waals surface area contributed by atoms with E-state index in [1.165, 1.54) is 0 Å². The van der Waals surface area contributed by atoms with Gasteiger partial charge in [-0.05, 0) is 32.4 Å². The first-order chi connectivity index (χ1) is 10.1. The molecule has 0 saturated heterocycles. The van der Waals surface area contributed by atoms with Crippen LogP contribution in [0.25, 0.3) is 11.3 Å². The van der Waals surface area contributed by atoms with Crippen LogP contribution in [-0.2, 0) is 0 Å². The molecule has 112 valence electrons. The Morgan fingerprint density at radius 2 is 1.95 bits per heavy atom. The van der Waals surface area contributed by atoms with Crippen LogP contribution in [0, 0.1) is 0 Å². The van der Waals surface area contributed by atoms with Gasteiger partial charge in [-0.1, -0.05) is 19.1 Å². The molecule has 1 unspecified atom stereocenters. The van der Waals surface area contributed by atoms with Crippen LogP contribution in [0.5, 0.6) is 0 Å². The first-order valence-electron chi connectivity index (χ1n) is 7.46. The molecule has 21 heavy (non-hydrogen) atoms. The first-order valence-corrected chi connectivity index (χ1v) is 7.46. The van der Waals surface area contributed by atoms with Crippen molar-refractivity contribution in [2.45, 2.75) is 33.2 Å². The lowest BCUT2D eigenvalue weighted by atomic mass is 10.1. The summed E-state index contributed by atoms with van der Waals surface area (Å²) in [5.74, 6) is 0. The number of carbonyl (C=O) groups excluding carboxylic acids is 1. The summed E-state index contributed by atoms with van der Waals surface area (Å²) in [5.41, 5.74) is 3.55. The molecule has 1 aromatic heterocycles. The van der Waals surface area contributed by atoms with E-state index < -0.39 is 0 Å². The quantitative estimate of drug-likeness (QED) is 0.758. The van der Waals surface area contributed by atoms with E-state index in [0.717, 1.165) is 36.2 Å². The van der Waals surface area contributed by atoms with Gasteiger partial charge in [0.15, 0.2) is 6.29 Å². The predicted molar refractivity (Wildman–Crippen MR) is 87.0 cm³/mol. The Morgan fingerprint density at radius 1 is 1.29 bits per heavy atom. The van der Waals surface area contributed by atoms with Gasteiger partial charge in [0.25, 0.3) is 0 Å². The molecule has 2 aromatic rings. The maximum absolute atomic E-state index is 11.3. The van der Waals surface area contributed by atoms with Crippen LogP contribution < -0.4 is 4.90 Å². The van der Waals surface area contributed by atoms with Gasteiger partial charge in [-0.2, -0.15) is 5.10 Å². The summed E-state index contributed by atoms with van der Waals surface area (Å²) in [6, 6.07) is 8.48. The Kier molecular flexibility index (Phi) is 4.78. The first kappa shape index (κ1) is 15.3. The number of anilines is 1. The van der Waals surface area contributed by atoms with Gasteiger partial charge in [0, 0.05) is 37.1 Å². The number of benzene rings is 1. The fourth-order valence-electron chi connectivity index (χ4n) is 2.19. The molecule has 0 radical (unpaired) electrons. The third kappa shape index (κ3) is 3.15. The van der Waals surface area contributed by atoms with Gasteiger partial charge >= 0.3 is 0 Å². The maximum atomic E-state index is 11.3. The van der Waals surface area contributed by atoms with E-state index in [2.05, 4.69) is 50.0 Å². The third-order valence-corrected chi connectivity index (χ3v) is 3.99. The SMILES string of the molecule is CCC(C)n1cc(C=O)c(-c2ccc(N(C)CC)cc2)n1. The van der Waals surface area contributed by atoms with Gasteiger partial charge in [0.2, 0.25) is 0 Å². The predicted octanol–water partition coefficient (Wildman–Crippen LogP) is 3.79. The molecular weight excluding hydrogens is 262 g/mol. The Morgan fingerprint density at radius 3 is 2.48 bits per heavy atom. The van der Waals surface area contributed by atoms with Crippen LogP contribution in [0.1, 0.15) is 43.6 Å². The summed E-state index contributed by atoms with van der Waals surface area (Å²) >= 11 is 0. The lowest BCUT2D eigenvalue weighted by Gasteiger charge is -2.16. The van der Waals surface area contributed by atoms with Crippen LogP contribution in [0.3, 0.4) is 0 Å². The van der Waals surface area contributed by atoms with E-state index >= 15 is 0 Å². The fraction of sp³-hybridized carbons (Fsp3) is 0.412. The Bertz CT molecular complexity index is 601. The van der Waals surface area contributed by atoms with E-state index in [1.54, 1.807) is 0 Å². The van der Waals surface area contributed by atoms with E-state index in [0.29, 0.717) is 11.6 Å². The summed E-state index contributed by atoms with van der Waals surface area (Å²) in [4.78, 5) is 13.5. The van der Waals surface area contributed by atoms with Crippen molar-refractivity contribution in [3.05, 3.63) is 36.0 Å². The average molecular weight is 285 g/mol. The van der Waals surface area contributed by atoms with Gasteiger partial charge in [0.1, 0.15) is 5.69 Å². The lowest BCUT2D eigenvalue weighted by Crippen LogP contribution is -2.15. The van der Waals surface area contributed by atoms with Crippen molar-refractivity contribution < 1.29 is 4.79 Å².